The SMILES string of the molecule is Cc1c2ccccc2n2c1c(-c1cccc(Cl)c1)nc1ccccc12. The van der Waals surface area contributed by atoms with Crippen molar-refractivity contribution < 1.29 is 0 Å². The smallest absolute Gasteiger partial charge is 0.0954 e. The Morgan fingerprint density at radius 1 is 0.840 bits per heavy atom. The first kappa shape index (κ1) is 14.5. The maximum absolute atomic E-state index is 6.25. The Morgan fingerprint density at radius 2 is 1.60 bits per heavy atom. The Balaban J connectivity index is 2.07. The van der Waals surface area contributed by atoms with Crippen LogP contribution in [0.3, 0.4) is 0 Å². The lowest BCUT2D eigenvalue weighted by atomic mass is 10.1. The predicted molar refractivity (Wildman–Crippen MR) is 105 cm³/mol. The van der Waals surface area contributed by atoms with Gasteiger partial charge in [0.15, 0.2) is 0 Å². The van der Waals surface area contributed by atoms with Crippen LogP contribution >= 0.6 is 11.6 Å². The molecule has 0 atom stereocenters. The molecule has 2 aromatic heterocycles. The number of para-hydroxylation sites is 3. The van der Waals surface area contributed by atoms with Gasteiger partial charge in [0, 0.05) is 16.0 Å². The lowest BCUT2D eigenvalue weighted by Gasteiger charge is -2.10. The Morgan fingerprint density at radius 3 is 2.44 bits per heavy atom. The molecule has 5 aromatic rings. The fourth-order valence-corrected chi connectivity index (χ4v) is 3.88. The van der Waals surface area contributed by atoms with E-state index in [1.54, 1.807) is 0 Å². The molecule has 0 unspecified atom stereocenters. The van der Waals surface area contributed by atoms with Gasteiger partial charge in [-0.15, -0.1) is 0 Å². The number of nitrogens with zero attached hydrogens (tertiary/aromatic N) is 2. The first-order valence-corrected chi connectivity index (χ1v) is 8.66. The van der Waals surface area contributed by atoms with E-state index in [0.717, 1.165) is 32.8 Å². The van der Waals surface area contributed by atoms with Gasteiger partial charge in [0.25, 0.3) is 0 Å². The minimum absolute atomic E-state index is 0.722. The van der Waals surface area contributed by atoms with Gasteiger partial charge in [-0.2, -0.15) is 0 Å². The van der Waals surface area contributed by atoms with Gasteiger partial charge in [0.2, 0.25) is 0 Å². The minimum Gasteiger partial charge on any atom is -0.305 e. The Kier molecular flexibility index (Phi) is 3.09. The van der Waals surface area contributed by atoms with Gasteiger partial charge in [0.05, 0.1) is 27.8 Å². The number of aryl methyl sites for hydroxylation is 1. The van der Waals surface area contributed by atoms with Gasteiger partial charge in [-0.1, -0.05) is 54.1 Å². The summed E-state index contributed by atoms with van der Waals surface area (Å²) in [6, 6.07) is 24.7. The molecule has 120 valence electrons. The molecule has 3 aromatic carbocycles. The molecule has 0 N–H and O–H groups in total. The van der Waals surface area contributed by atoms with Gasteiger partial charge < -0.3 is 4.40 Å². The molecule has 2 heterocycles. The molecule has 0 aliphatic carbocycles. The molecule has 3 heteroatoms. The van der Waals surface area contributed by atoms with Gasteiger partial charge in [-0.05, 0) is 42.8 Å². The molecule has 0 saturated heterocycles. The zero-order chi connectivity index (χ0) is 17.0. The summed E-state index contributed by atoms with van der Waals surface area (Å²) in [5.41, 5.74) is 7.69. The van der Waals surface area contributed by atoms with E-state index in [1.165, 1.54) is 16.5 Å². The summed E-state index contributed by atoms with van der Waals surface area (Å²) in [5.74, 6) is 0. The first-order valence-electron chi connectivity index (χ1n) is 8.28. The van der Waals surface area contributed by atoms with E-state index in [2.05, 4.69) is 59.9 Å². The Bertz CT molecular complexity index is 1270. The molecular formula is C22H15ClN2. The van der Waals surface area contributed by atoms with Crippen molar-refractivity contribution in [3.05, 3.63) is 83.4 Å². The second kappa shape index (κ2) is 5.33. The number of fused-ring (bicyclic) bond motifs is 5. The van der Waals surface area contributed by atoms with Crippen LogP contribution in [0.25, 0.3) is 38.7 Å². The maximum atomic E-state index is 6.25. The van der Waals surface area contributed by atoms with Gasteiger partial charge in [-0.25, -0.2) is 4.98 Å². The third-order valence-corrected chi connectivity index (χ3v) is 5.04. The molecule has 0 aliphatic heterocycles. The van der Waals surface area contributed by atoms with Crippen molar-refractivity contribution in [1.29, 1.82) is 0 Å². The van der Waals surface area contributed by atoms with Crippen LogP contribution in [-0.4, -0.2) is 9.38 Å². The second-order valence-electron chi connectivity index (χ2n) is 6.29. The van der Waals surface area contributed by atoms with E-state index in [0.29, 0.717) is 0 Å². The van der Waals surface area contributed by atoms with E-state index in [4.69, 9.17) is 16.6 Å². The number of hydrogen-bond acceptors (Lipinski definition) is 1. The topological polar surface area (TPSA) is 17.3 Å². The molecule has 0 bridgehead atoms. The highest BCUT2D eigenvalue weighted by Gasteiger charge is 2.17. The Hall–Kier alpha value is -2.84. The largest absolute Gasteiger partial charge is 0.305 e. The van der Waals surface area contributed by atoms with E-state index in [9.17, 15) is 0 Å². The molecule has 0 fully saturated rings. The molecule has 0 saturated carbocycles. The van der Waals surface area contributed by atoms with E-state index in [-0.39, 0.29) is 0 Å². The molecule has 5 rings (SSSR count). The predicted octanol–water partition coefficient (Wildman–Crippen LogP) is 6.27. The van der Waals surface area contributed by atoms with E-state index in [1.807, 2.05) is 24.3 Å². The fourth-order valence-electron chi connectivity index (χ4n) is 3.69. The van der Waals surface area contributed by atoms with Crippen molar-refractivity contribution >= 4 is 39.1 Å². The molecule has 25 heavy (non-hydrogen) atoms. The monoisotopic (exact) mass is 342 g/mol. The summed E-state index contributed by atoms with van der Waals surface area (Å²) >= 11 is 6.25. The summed E-state index contributed by atoms with van der Waals surface area (Å²) in [5, 5.41) is 1.98. The van der Waals surface area contributed by atoms with Crippen molar-refractivity contribution in [2.75, 3.05) is 0 Å². The highest BCUT2D eigenvalue weighted by atomic mass is 35.5. The normalized spacial score (nSPS) is 11.6. The highest BCUT2D eigenvalue weighted by molar-refractivity contribution is 6.30. The van der Waals surface area contributed by atoms with E-state index < -0.39 is 0 Å². The number of aromatic nitrogens is 2. The van der Waals surface area contributed by atoms with E-state index >= 15 is 0 Å². The van der Waals surface area contributed by atoms with Crippen LogP contribution in [0.2, 0.25) is 5.02 Å². The number of hydrogen-bond donors (Lipinski definition) is 0. The average Bonchev–Trinajstić information content (AvgIpc) is 2.95. The van der Waals surface area contributed by atoms with Crippen LogP contribution in [0.1, 0.15) is 5.56 Å². The maximum Gasteiger partial charge on any atom is 0.0954 e. The van der Waals surface area contributed by atoms with Crippen LogP contribution in [-0.2, 0) is 0 Å². The summed E-state index contributed by atoms with van der Waals surface area (Å²) < 4.78 is 2.32. The third-order valence-electron chi connectivity index (χ3n) is 4.81. The summed E-state index contributed by atoms with van der Waals surface area (Å²) in [6.45, 7) is 2.17. The van der Waals surface area contributed by atoms with Crippen molar-refractivity contribution in [2.24, 2.45) is 0 Å². The van der Waals surface area contributed by atoms with Crippen molar-refractivity contribution in [3.63, 3.8) is 0 Å². The number of halogens is 1. The lowest BCUT2D eigenvalue weighted by Crippen LogP contribution is -1.96. The molecule has 0 radical (unpaired) electrons. The van der Waals surface area contributed by atoms with Crippen molar-refractivity contribution in [1.82, 2.24) is 9.38 Å². The lowest BCUT2D eigenvalue weighted by molar-refractivity contribution is 1.26. The number of rotatable bonds is 1. The zero-order valence-electron chi connectivity index (χ0n) is 13.7. The van der Waals surface area contributed by atoms with Crippen LogP contribution < -0.4 is 0 Å². The third kappa shape index (κ3) is 2.08. The average molecular weight is 343 g/mol. The van der Waals surface area contributed by atoms with Gasteiger partial charge in [-0.3, -0.25) is 0 Å². The number of benzene rings is 3. The van der Waals surface area contributed by atoms with Crippen LogP contribution in [0.5, 0.6) is 0 Å². The standard InChI is InChI=1S/C22H15ClN2/c1-14-17-9-2-4-11-19(17)25-20-12-5-3-10-18(20)24-21(22(14)25)15-7-6-8-16(23)13-15/h2-13H,1H3. The molecule has 0 aliphatic rings. The first-order chi connectivity index (χ1) is 12.2. The molecule has 2 nitrogen and oxygen atoms in total. The van der Waals surface area contributed by atoms with Crippen LogP contribution in [0.4, 0.5) is 0 Å². The van der Waals surface area contributed by atoms with Gasteiger partial charge in [0.1, 0.15) is 0 Å². The molecular weight excluding hydrogens is 328 g/mol. The molecule has 0 amide bonds. The zero-order valence-corrected chi connectivity index (χ0v) is 14.5. The van der Waals surface area contributed by atoms with Crippen LogP contribution in [0.15, 0.2) is 72.8 Å². The molecule has 0 spiro atoms. The minimum atomic E-state index is 0.722. The second-order valence-corrected chi connectivity index (χ2v) is 6.72. The fraction of sp³-hybridized carbons (Fsp3) is 0.0455. The quantitative estimate of drug-likeness (QED) is 0.351. The highest BCUT2D eigenvalue weighted by Crippen LogP contribution is 2.35. The van der Waals surface area contributed by atoms with Crippen molar-refractivity contribution in [2.45, 2.75) is 6.92 Å². The van der Waals surface area contributed by atoms with Crippen molar-refractivity contribution in [3.8, 4) is 11.3 Å². The van der Waals surface area contributed by atoms with Crippen LogP contribution in [0, 0.1) is 6.92 Å². The summed E-state index contributed by atoms with van der Waals surface area (Å²) in [6.07, 6.45) is 0. The summed E-state index contributed by atoms with van der Waals surface area (Å²) in [4.78, 5) is 4.99. The summed E-state index contributed by atoms with van der Waals surface area (Å²) in [7, 11) is 0. The Labute approximate surface area is 150 Å². The van der Waals surface area contributed by atoms with Gasteiger partial charge >= 0.3 is 0 Å².